The van der Waals surface area contributed by atoms with E-state index in [2.05, 4.69) is 0 Å². The fraction of sp³-hybridized carbons (Fsp3) is 0.429. The van der Waals surface area contributed by atoms with Crippen molar-refractivity contribution >= 4 is 24.0 Å². The van der Waals surface area contributed by atoms with Crippen LogP contribution >= 0.6 is 0 Å². The maximum absolute atomic E-state index is 11.4. The van der Waals surface area contributed by atoms with Crippen LogP contribution in [0, 0.1) is 0 Å². The van der Waals surface area contributed by atoms with E-state index >= 15 is 0 Å². The van der Waals surface area contributed by atoms with Crippen LogP contribution in [0.3, 0.4) is 0 Å². The quantitative estimate of drug-likeness (QED) is 0.223. The van der Waals surface area contributed by atoms with Crippen LogP contribution in [0.2, 0.25) is 0 Å². The van der Waals surface area contributed by atoms with Crippen molar-refractivity contribution in [2.45, 2.75) is 18.9 Å². The Morgan fingerprint density at radius 2 is 1.83 bits per heavy atom. The third-order valence-corrected chi connectivity index (χ3v) is 2.14. The smallest absolute Gasteiger partial charge is 0.427 e. The van der Waals surface area contributed by atoms with Crippen LogP contribution in [-0.4, -0.2) is 44.8 Å². The zero-order valence-corrected chi connectivity index (χ0v) is 14.4. The van der Waals surface area contributed by atoms with Crippen molar-refractivity contribution in [2.75, 3.05) is 0 Å². The van der Waals surface area contributed by atoms with Gasteiger partial charge < -0.3 is 10.2 Å². The van der Waals surface area contributed by atoms with Crippen LogP contribution in [-0.2, 0) is 50.4 Å². The summed E-state index contributed by atoms with van der Waals surface area (Å²) in [6, 6.07) is 0. The largest absolute Gasteiger partial charge is 0.464 e. The Morgan fingerprint density at radius 3 is 2.11 bits per heavy atom. The first-order chi connectivity index (χ1) is 7.27. The number of nitrogens with zero attached hydrogens (tertiary/aromatic N) is 1. The SMILES string of the molecule is CC1(N(NC(=O)O)C(=O)O)CC(=O)NC1=O.[Re].[Re]. The van der Waals surface area contributed by atoms with Gasteiger partial charge in [-0.25, -0.2) is 20.0 Å². The van der Waals surface area contributed by atoms with Crippen molar-refractivity contribution in [1.29, 1.82) is 0 Å². The number of hydrogen-bond donors (Lipinski definition) is 4. The molecule has 1 aliphatic rings. The molecule has 1 unspecified atom stereocenters. The second-order valence-electron chi connectivity index (χ2n) is 3.36. The standard InChI is InChI=1S/C7H9N3O6.2Re/c1-7(2-3(11)8-4(7)12)10(6(15)16)9-5(13)14;;/h9H,2H2,1H3,(H,13,14)(H,15,16)(H,8,11,12);;. The van der Waals surface area contributed by atoms with Gasteiger partial charge in [0.1, 0.15) is 0 Å². The maximum Gasteiger partial charge on any atom is 0.427 e. The van der Waals surface area contributed by atoms with Gasteiger partial charge >= 0.3 is 12.2 Å². The van der Waals surface area contributed by atoms with Gasteiger partial charge in [0.25, 0.3) is 5.91 Å². The van der Waals surface area contributed by atoms with Gasteiger partial charge in [-0.3, -0.25) is 14.9 Å². The molecule has 0 spiro atoms. The molecule has 0 saturated carbocycles. The summed E-state index contributed by atoms with van der Waals surface area (Å²) in [5, 5.41) is 19.3. The summed E-state index contributed by atoms with van der Waals surface area (Å²) in [5.41, 5.74) is -0.212. The van der Waals surface area contributed by atoms with E-state index in [1.54, 1.807) is 5.43 Å². The number of rotatable bonds is 1. The molecule has 0 aromatic carbocycles. The number of carbonyl (C=O) groups excluding carboxylic acids is 2. The van der Waals surface area contributed by atoms with Crippen molar-refractivity contribution in [1.82, 2.24) is 15.8 Å². The predicted molar refractivity (Wildman–Crippen MR) is 47.2 cm³/mol. The average molecular weight is 604 g/mol. The summed E-state index contributed by atoms with van der Waals surface area (Å²) in [5.74, 6) is -1.53. The number of carboxylic acid groups (broad SMARTS) is 2. The molecule has 18 heavy (non-hydrogen) atoms. The van der Waals surface area contributed by atoms with Crippen LogP contribution in [0.25, 0.3) is 0 Å². The molecule has 1 saturated heterocycles. The summed E-state index contributed by atoms with van der Waals surface area (Å²) in [6.45, 7) is 1.15. The first-order valence-corrected chi connectivity index (χ1v) is 4.14. The molecule has 0 aromatic rings. The molecular formula is C7H9N3O6Re2. The molecule has 0 bridgehead atoms. The minimum Gasteiger partial charge on any atom is -0.464 e. The van der Waals surface area contributed by atoms with Crippen molar-refractivity contribution < 1.29 is 70.2 Å². The molecule has 1 fully saturated rings. The number of hydrazine groups is 1. The van der Waals surface area contributed by atoms with E-state index in [9.17, 15) is 19.2 Å². The Hall–Kier alpha value is -0.995. The Morgan fingerprint density at radius 1 is 1.33 bits per heavy atom. The average Bonchev–Trinajstić information content (AvgIpc) is 2.36. The molecule has 1 rings (SSSR count). The molecule has 1 atom stereocenters. The number of nitrogens with one attached hydrogen (secondary N) is 2. The van der Waals surface area contributed by atoms with E-state index in [-0.39, 0.29) is 45.9 Å². The molecule has 9 nitrogen and oxygen atoms in total. The molecule has 1 aliphatic heterocycles. The van der Waals surface area contributed by atoms with E-state index in [0.717, 1.165) is 6.92 Å². The predicted octanol–water partition coefficient (Wildman–Crippen LogP) is -1.05. The summed E-state index contributed by atoms with van der Waals surface area (Å²) in [6.07, 6.45) is -3.75. The van der Waals surface area contributed by atoms with Gasteiger partial charge in [0, 0.05) is 40.8 Å². The van der Waals surface area contributed by atoms with Crippen molar-refractivity contribution in [3.8, 4) is 0 Å². The van der Waals surface area contributed by atoms with Gasteiger partial charge in [-0.15, -0.1) is 0 Å². The maximum atomic E-state index is 11.4. The fourth-order valence-electron chi connectivity index (χ4n) is 1.36. The Labute approximate surface area is 129 Å². The van der Waals surface area contributed by atoms with Crippen LogP contribution in [0.5, 0.6) is 0 Å². The summed E-state index contributed by atoms with van der Waals surface area (Å²) < 4.78 is 0. The van der Waals surface area contributed by atoms with Crippen molar-refractivity contribution in [2.24, 2.45) is 0 Å². The van der Waals surface area contributed by atoms with Gasteiger partial charge in [-0.1, -0.05) is 0 Å². The molecule has 4 N–H and O–H groups in total. The number of imide groups is 1. The van der Waals surface area contributed by atoms with Gasteiger partial charge in [-0.05, 0) is 6.92 Å². The molecule has 11 heteroatoms. The van der Waals surface area contributed by atoms with E-state index in [1.807, 2.05) is 5.32 Å². The third-order valence-electron chi connectivity index (χ3n) is 2.14. The van der Waals surface area contributed by atoms with Crippen molar-refractivity contribution in [3.63, 3.8) is 0 Å². The zero-order valence-electron chi connectivity index (χ0n) is 8.94. The number of amides is 4. The topological polar surface area (TPSA) is 136 Å². The van der Waals surface area contributed by atoms with E-state index in [0.29, 0.717) is 0 Å². The third kappa shape index (κ3) is 3.75. The molecule has 4 amide bonds. The summed E-state index contributed by atoms with van der Waals surface area (Å²) in [7, 11) is 0. The molecule has 0 aromatic heterocycles. The zero-order chi connectivity index (χ0) is 12.5. The summed E-state index contributed by atoms with van der Waals surface area (Å²) in [4.78, 5) is 43.5. The van der Waals surface area contributed by atoms with Crippen molar-refractivity contribution in [3.05, 3.63) is 0 Å². The first-order valence-electron chi connectivity index (χ1n) is 4.14. The van der Waals surface area contributed by atoms with Gasteiger partial charge in [0.15, 0.2) is 5.54 Å². The van der Waals surface area contributed by atoms with E-state index in [4.69, 9.17) is 10.2 Å². The number of carbonyl (C=O) groups is 4. The van der Waals surface area contributed by atoms with Gasteiger partial charge in [0.05, 0.1) is 6.42 Å². The van der Waals surface area contributed by atoms with Gasteiger partial charge in [0.2, 0.25) is 5.91 Å². The van der Waals surface area contributed by atoms with Crippen LogP contribution in [0.1, 0.15) is 13.3 Å². The Kier molecular flexibility index (Phi) is 7.32. The Balaban J connectivity index is 0. The Bertz CT molecular complexity index is 389. The molecular weight excluding hydrogens is 595 g/mol. The molecule has 0 aliphatic carbocycles. The van der Waals surface area contributed by atoms with Gasteiger partial charge in [-0.2, -0.15) is 0 Å². The van der Waals surface area contributed by atoms with E-state index in [1.165, 1.54) is 0 Å². The summed E-state index contributed by atoms with van der Waals surface area (Å²) >= 11 is 0. The molecule has 1 heterocycles. The molecule has 102 valence electrons. The second kappa shape index (κ2) is 6.81. The minimum atomic E-state index is -1.76. The molecule has 2 radical (unpaired) electrons. The van der Waals surface area contributed by atoms with Crippen LogP contribution < -0.4 is 10.7 Å². The normalized spacial score (nSPS) is 21.2. The first kappa shape index (κ1) is 19.3. The monoisotopic (exact) mass is 605 g/mol. The minimum absolute atomic E-state index is 0. The number of hydrogen-bond acceptors (Lipinski definition) is 4. The van der Waals surface area contributed by atoms with E-state index < -0.39 is 36.0 Å². The second-order valence-corrected chi connectivity index (χ2v) is 3.36. The van der Waals surface area contributed by atoms with Crippen LogP contribution in [0.4, 0.5) is 9.59 Å². The van der Waals surface area contributed by atoms with Crippen LogP contribution in [0.15, 0.2) is 0 Å². The fourth-order valence-corrected chi connectivity index (χ4v) is 1.36.